The molecule has 1 aromatic carbocycles. The monoisotopic (exact) mass is 181 g/mol. The lowest BCUT2D eigenvalue weighted by Crippen LogP contribution is -2.34. The Kier molecular flexibility index (Phi) is 5.35. The summed E-state index contributed by atoms with van der Waals surface area (Å²) in [5.41, 5.74) is 1.34. The Balaban J connectivity index is 0.000000424. The summed E-state index contributed by atoms with van der Waals surface area (Å²) < 4.78 is 0.890. The van der Waals surface area contributed by atoms with Gasteiger partial charge in [0.1, 0.15) is 5.69 Å². The van der Waals surface area contributed by atoms with E-state index < -0.39 is 0 Å². The SMILES string of the molecule is CC[O-].C[N+](C)(C)c1ccccc1. The molecule has 2 nitrogen and oxygen atoms in total. The van der Waals surface area contributed by atoms with E-state index in [-0.39, 0.29) is 6.61 Å². The highest BCUT2D eigenvalue weighted by Gasteiger charge is 2.08. The molecule has 0 saturated carbocycles. The fourth-order valence-electron chi connectivity index (χ4n) is 0.875. The Morgan fingerprint density at radius 3 is 1.69 bits per heavy atom. The second kappa shape index (κ2) is 5.73. The maximum atomic E-state index is 8.93. The van der Waals surface area contributed by atoms with Crippen LogP contribution in [0.3, 0.4) is 0 Å². The molecule has 0 radical (unpaired) electrons. The Morgan fingerprint density at radius 1 is 1.08 bits per heavy atom. The van der Waals surface area contributed by atoms with E-state index in [9.17, 15) is 0 Å². The Labute approximate surface area is 81.0 Å². The summed E-state index contributed by atoms with van der Waals surface area (Å²) in [6.45, 7) is 1.57. The normalized spacial score (nSPS) is 10.2. The lowest BCUT2D eigenvalue weighted by Gasteiger charge is -2.22. The van der Waals surface area contributed by atoms with Gasteiger partial charge in [0, 0.05) is 0 Å². The summed E-state index contributed by atoms with van der Waals surface area (Å²) in [4.78, 5) is 0. The van der Waals surface area contributed by atoms with Gasteiger partial charge in [-0.05, 0) is 12.1 Å². The van der Waals surface area contributed by atoms with Crippen molar-refractivity contribution in [2.75, 3.05) is 27.7 Å². The minimum atomic E-state index is 0. The number of benzene rings is 1. The summed E-state index contributed by atoms with van der Waals surface area (Å²) in [5.74, 6) is 0. The van der Waals surface area contributed by atoms with Gasteiger partial charge in [0.05, 0.1) is 21.1 Å². The van der Waals surface area contributed by atoms with E-state index in [1.165, 1.54) is 5.69 Å². The Bertz CT molecular complexity index is 213. The first kappa shape index (κ1) is 12.1. The summed E-state index contributed by atoms with van der Waals surface area (Å²) >= 11 is 0. The van der Waals surface area contributed by atoms with Crippen LogP contribution in [-0.2, 0) is 0 Å². The van der Waals surface area contributed by atoms with E-state index in [2.05, 4.69) is 45.4 Å². The van der Waals surface area contributed by atoms with Gasteiger partial charge in [0.2, 0.25) is 0 Å². The molecule has 0 amide bonds. The van der Waals surface area contributed by atoms with Crippen LogP contribution < -0.4 is 9.59 Å². The van der Waals surface area contributed by atoms with Gasteiger partial charge in [-0.1, -0.05) is 25.1 Å². The molecule has 0 aliphatic rings. The smallest absolute Gasteiger partial charge is 0.132 e. The lowest BCUT2D eigenvalue weighted by atomic mass is 10.3. The molecule has 0 aliphatic heterocycles. The number of hydrogen-bond donors (Lipinski definition) is 0. The average Bonchev–Trinajstić information content (AvgIpc) is 2.06. The summed E-state index contributed by atoms with van der Waals surface area (Å²) in [5, 5.41) is 8.93. The maximum Gasteiger partial charge on any atom is 0.132 e. The number of hydrogen-bond acceptors (Lipinski definition) is 1. The van der Waals surface area contributed by atoms with E-state index in [1.807, 2.05) is 6.07 Å². The maximum absolute atomic E-state index is 8.93. The summed E-state index contributed by atoms with van der Waals surface area (Å²) in [7, 11) is 6.49. The fourth-order valence-corrected chi connectivity index (χ4v) is 0.875. The van der Waals surface area contributed by atoms with E-state index in [0.29, 0.717) is 0 Å². The molecular weight excluding hydrogens is 162 g/mol. The molecule has 2 heteroatoms. The first-order valence-corrected chi connectivity index (χ1v) is 4.47. The number of quaternary nitrogens is 1. The van der Waals surface area contributed by atoms with Gasteiger partial charge >= 0.3 is 0 Å². The van der Waals surface area contributed by atoms with Crippen molar-refractivity contribution in [1.82, 2.24) is 4.48 Å². The van der Waals surface area contributed by atoms with Crippen molar-refractivity contribution in [3.8, 4) is 0 Å². The fraction of sp³-hybridized carbons (Fsp3) is 0.455. The first-order chi connectivity index (χ1) is 6.02. The molecule has 74 valence electrons. The van der Waals surface area contributed by atoms with Crippen molar-refractivity contribution < 1.29 is 5.11 Å². The van der Waals surface area contributed by atoms with Crippen LogP contribution in [0.1, 0.15) is 6.92 Å². The third-order valence-electron chi connectivity index (χ3n) is 1.53. The topological polar surface area (TPSA) is 23.1 Å². The van der Waals surface area contributed by atoms with Crippen molar-refractivity contribution >= 4 is 5.69 Å². The molecule has 1 rings (SSSR count). The summed E-state index contributed by atoms with van der Waals surface area (Å²) in [6.07, 6.45) is 0. The molecule has 0 spiro atoms. The Morgan fingerprint density at radius 2 is 1.46 bits per heavy atom. The highest BCUT2D eigenvalue weighted by molar-refractivity contribution is 5.40. The molecule has 1 aromatic rings. The van der Waals surface area contributed by atoms with Gasteiger partial charge < -0.3 is 5.11 Å². The highest BCUT2D eigenvalue weighted by atomic mass is 16.2. The van der Waals surface area contributed by atoms with Gasteiger partial charge in [-0.15, -0.1) is 6.61 Å². The van der Waals surface area contributed by atoms with Crippen LogP contribution >= 0.6 is 0 Å². The summed E-state index contributed by atoms with van der Waals surface area (Å²) in [6, 6.07) is 10.5. The van der Waals surface area contributed by atoms with Crippen molar-refractivity contribution in [3.05, 3.63) is 30.3 Å². The molecule has 0 aliphatic carbocycles. The average molecular weight is 181 g/mol. The van der Waals surface area contributed by atoms with Gasteiger partial charge in [-0.2, -0.15) is 0 Å². The third-order valence-corrected chi connectivity index (χ3v) is 1.53. The molecule has 0 bridgehead atoms. The van der Waals surface area contributed by atoms with E-state index >= 15 is 0 Å². The predicted octanol–water partition coefficient (Wildman–Crippen LogP) is 1.25. The van der Waals surface area contributed by atoms with Crippen molar-refractivity contribution in [1.29, 1.82) is 0 Å². The van der Waals surface area contributed by atoms with E-state index in [1.54, 1.807) is 6.92 Å². The van der Waals surface area contributed by atoms with Crippen LogP contribution in [0.2, 0.25) is 0 Å². The minimum absolute atomic E-state index is 0. The van der Waals surface area contributed by atoms with Crippen molar-refractivity contribution in [2.24, 2.45) is 0 Å². The zero-order valence-corrected chi connectivity index (χ0v) is 8.95. The second-order valence-electron chi connectivity index (χ2n) is 3.64. The Hall–Kier alpha value is -0.860. The van der Waals surface area contributed by atoms with E-state index in [0.717, 1.165) is 4.48 Å². The van der Waals surface area contributed by atoms with E-state index in [4.69, 9.17) is 5.11 Å². The van der Waals surface area contributed by atoms with Gasteiger partial charge in [0.25, 0.3) is 0 Å². The van der Waals surface area contributed by atoms with Crippen LogP contribution in [-0.4, -0.2) is 27.7 Å². The van der Waals surface area contributed by atoms with Crippen LogP contribution in [0.5, 0.6) is 0 Å². The molecule has 0 aromatic heterocycles. The highest BCUT2D eigenvalue weighted by Crippen LogP contribution is 2.14. The molecular formula is C11H19NO. The molecule has 0 unspecified atom stereocenters. The zero-order valence-electron chi connectivity index (χ0n) is 8.95. The van der Waals surface area contributed by atoms with Crippen LogP contribution in [0.15, 0.2) is 30.3 Å². The van der Waals surface area contributed by atoms with Crippen molar-refractivity contribution in [2.45, 2.75) is 6.92 Å². The molecule has 0 fully saturated rings. The second-order valence-corrected chi connectivity index (χ2v) is 3.64. The molecule has 13 heavy (non-hydrogen) atoms. The molecule has 0 atom stereocenters. The minimum Gasteiger partial charge on any atom is -0.855 e. The molecule has 0 heterocycles. The van der Waals surface area contributed by atoms with Gasteiger partial charge in [-0.25, -0.2) is 0 Å². The molecule has 0 saturated heterocycles. The number of rotatable bonds is 1. The number of para-hydroxylation sites is 1. The first-order valence-electron chi connectivity index (χ1n) is 4.47. The quantitative estimate of drug-likeness (QED) is 0.598. The molecule has 0 N–H and O–H groups in total. The third kappa shape index (κ3) is 5.39. The predicted molar refractivity (Wildman–Crippen MR) is 56.5 cm³/mol. The van der Waals surface area contributed by atoms with Crippen molar-refractivity contribution in [3.63, 3.8) is 0 Å². The van der Waals surface area contributed by atoms with Crippen LogP contribution in [0.25, 0.3) is 0 Å². The van der Waals surface area contributed by atoms with Gasteiger partial charge in [-0.3, -0.25) is 4.48 Å². The standard InChI is InChI=1S/C9H14N.C2H5O/c1-10(2,3)9-7-5-4-6-8-9;1-2-3/h4-8H,1-3H3;2H2,1H3/q+1;-1. The number of nitrogens with zero attached hydrogens (tertiary/aromatic N) is 1. The zero-order chi connectivity index (χ0) is 10.3. The van der Waals surface area contributed by atoms with Crippen LogP contribution in [0, 0.1) is 0 Å². The largest absolute Gasteiger partial charge is 0.855 e. The lowest BCUT2D eigenvalue weighted by molar-refractivity contribution is -0.361. The van der Waals surface area contributed by atoms with Crippen LogP contribution in [0.4, 0.5) is 5.69 Å². The van der Waals surface area contributed by atoms with Gasteiger partial charge in [0.15, 0.2) is 0 Å².